The van der Waals surface area contributed by atoms with E-state index in [0.29, 0.717) is 5.92 Å². The molecular formula is C17H26N2O2S. The fourth-order valence-electron chi connectivity index (χ4n) is 2.81. The van der Waals surface area contributed by atoms with Crippen LogP contribution < -0.4 is 5.32 Å². The molecule has 1 aliphatic carbocycles. The van der Waals surface area contributed by atoms with Crippen molar-refractivity contribution in [3.8, 4) is 0 Å². The highest BCUT2D eigenvalue weighted by Crippen LogP contribution is 2.33. The minimum Gasteiger partial charge on any atom is -0.350 e. The zero-order chi connectivity index (χ0) is 16.5. The first kappa shape index (κ1) is 17.0. The molecule has 0 saturated carbocycles. The van der Waals surface area contributed by atoms with Crippen molar-refractivity contribution in [2.24, 2.45) is 5.92 Å². The molecule has 0 radical (unpaired) electrons. The lowest BCUT2D eigenvalue weighted by molar-refractivity contribution is -0.122. The van der Waals surface area contributed by atoms with Gasteiger partial charge >= 0.3 is 0 Å². The van der Waals surface area contributed by atoms with Crippen molar-refractivity contribution in [3.63, 3.8) is 0 Å². The van der Waals surface area contributed by atoms with Crippen LogP contribution in [0.2, 0.25) is 0 Å². The summed E-state index contributed by atoms with van der Waals surface area (Å²) in [5.41, 5.74) is 1.72. The van der Waals surface area contributed by atoms with E-state index in [2.05, 4.69) is 12.2 Å². The highest BCUT2D eigenvalue weighted by atomic mass is 32.1. The molecule has 0 aliphatic heterocycles. The van der Waals surface area contributed by atoms with Crippen molar-refractivity contribution in [1.82, 2.24) is 10.2 Å². The van der Waals surface area contributed by atoms with Gasteiger partial charge in [0.25, 0.3) is 5.91 Å². The van der Waals surface area contributed by atoms with E-state index in [9.17, 15) is 9.59 Å². The number of thiophene rings is 1. The highest BCUT2D eigenvalue weighted by Gasteiger charge is 2.26. The number of rotatable bonds is 3. The Kier molecular flexibility index (Phi) is 4.95. The summed E-state index contributed by atoms with van der Waals surface area (Å²) in [7, 11) is 1.69. The van der Waals surface area contributed by atoms with Gasteiger partial charge in [-0.05, 0) is 51.5 Å². The van der Waals surface area contributed by atoms with Crippen molar-refractivity contribution in [1.29, 1.82) is 0 Å². The van der Waals surface area contributed by atoms with Crippen molar-refractivity contribution < 1.29 is 9.59 Å². The summed E-state index contributed by atoms with van der Waals surface area (Å²) in [6.07, 6.45) is 3.18. The van der Waals surface area contributed by atoms with Crippen molar-refractivity contribution in [2.75, 3.05) is 13.6 Å². The maximum absolute atomic E-state index is 12.6. The molecule has 0 saturated heterocycles. The van der Waals surface area contributed by atoms with Gasteiger partial charge in [-0.25, -0.2) is 0 Å². The lowest BCUT2D eigenvalue weighted by Crippen LogP contribution is -2.46. The van der Waals surface area contributed by atoms with Gasteiger partial charge in [0.15, 0.2) is 0 Å². The van der Waals surface area contributed by atoms with Gasteiger partial charge in [0.1, 0.15) is 0 Å². The van der Waals surface area contributed by atoms with E-state index < -0.39 is 0 Å². The molecule has 1 aromatic rings. The summed E-state index contributed by atoms with van der Waals surface area (Å²) in [5, 5.41) is 4.85. The molecule has 4 nitrogen and oxygen atoms in total. The minimum absolute atomic E-state index is 0.0453. The Hall–Kier alpha value is -1.36. The summed E-state index contributed by atoms with van der Waals surface area (Å²) in [5.74, 6) is 0.529. The van der Waals surface area contributed by atoms with Gasteiger partial charge in [-0.2, -0.15) is 0 Å². The van der Waals surface area contributed by atoms with Crippen LogP contribution in [0.3, 0.4) is 0 Å². The molecule has 22 heavy (non-hydrogen) atoms. The van der Waals surface area contributed by atoms with Crippen LogP contribution in [0, 0.1) is 5.92 Å². The number of fused-ring (bicyclic) bond motifs is 1. The number of hydrogen-bond acceptors (Lipinski definition) is 3. The fraction of sp³-hybridized carbons (Fsp3) is 0.647. The lowest BCUT2D eigenvalue weighted by Gasteiger charge is -2.24. The molecule has 0 spiro atoms. The van der Waals surface area contributed by atoms with E-state index in [0.717, 1.165) is 24.8 Å². The van der Waals surface area contributed by atoms with Gasteiger partial charge in [-0.1, -0.05) is 6.92 Å². The molecule has 2 rings (SSSR count). The van der Waals surface area contributed by atoms with E-state index in [4.69, 9.17) is 0 Å². The molecule has 1 aromatic heterocycles. The molecule has 1 heterocycles. The Morgan fingerprint density at radius 2 is 2.09 bits per heavy atom. The Labute approximate surface area is 136 Å². The Morgan fingerprint density at radius 1 is 1.41 bits per heavy atom. The average molecular weight is 322 g/mol. The van der Waals surface area contributed by atoms with Crippen LogP contribution in [-0.4, -0.2) is 35.8 Å². The molecule has 0 fully saturated rings. The van der Waals surface area contributed by atoms with Gasteiger partial charge in [-0.15, -0.1) is 11.3 Å². The molecule has 0 unspecified atom stereocenters. The van der Waals surface area contributed by atoms with E-state index >= 15 is 0 Å². The first-order valence-electron chi connectivity index (χ1n) is 7.83. The Bertz CT molecular complexity index is 572. The summed E-state index contributed by atoms with van der Waals surface area (Å²) in [6, 6.07) is 0. The molecule has 0 aromatic carbocycles. The summed E-state index contributed by atoms with van der Waals surface area (Å²) in [6.45, 7) is 8.15. The van der Waals surface area contributed by atoms with Crippen LogP contribution in [-0.2, 0) is 17.6 Å². The average Bonchev–Trinajstić information content (AvgIpc) is 2.77. The predicted octanol–water partition coefficient (Wildman–Crippen LogP) is 2.86. The monoisotopic (exact) mass is 322 g/mol. The van der Waals surface area contributed by atoms with E-state index in [1.54, 1.807) is 18.4 Å². The maximum atomic E-state index is 12.6. The first-order chi connectivity index (χ1) is 10.2. The standard InChI is InChI=1S/C17H26N2O2S/c1-11-6-7-12-13(10-22-14(12)8-11)16(21)19(5)9-15(20)18-17(2,3)4/h10-11H,6-9H2,1-5H3,(H,18,20)/t11-/m0/s1. The fourth-order valence-corrected chi connectivity index (χ4v) is 4.05. The molecule has 2 amide bonds. The van der Waals surface area contributed by atoms with Gasteiger partial charge in [0.2, 0.25) is 5.91 Å². The van der Waals surface area contributed by atoms with Gasteiger partial charge < -0.3 is 10.2 Å². The molecule has 1 N–H and O–H groups in total. The van der Waals surface area contributed by atoms with Gasteiger partial charge in [0.05, 0.1) is 12.1 Å². The molecule has 122 valence electrons. The summed E-state index contributed by atoms with van der Waals surface area (Å²) < 4.78 is 0. The van der Waals surface area contributed by atoms with Crippen LogP contribution >= 0.6 is 11.3 Å². The zero-order valence-corrected chi connectivity index (χ0v) is 15.0. The van der Waals surface area contributed by atoms with Gasteiger partial charge in [0, 0.05) is 22.8 Å². The number of carbonyl (C=O) groups excluding carboxylic acids is 2. The third kappa shape index (κ3) is 4.09. The number of hydrogen-bond donors (Lipinski definition) is 1. The number of nitrogens with one attached hydrogen (secondary N) is 1. The first-order valence-corrected chi connectivity index (χ1v) is 8.71. The minimum atomic E-state index is -0.279. The molecule has 1 atom stereocenters. The van der Waals surface area contributed by atoms with Crippen molar-refractivity contribution in [2.45, 2.75) is 52.5 Å². The normalized spacial score (nSPS) is 17.8. The Balaban J connectivity index is 2.04. The maximum Gasteiger partial charge on any atom is 0.255 e. The van der Waals surface area contributed by atoms with E-state index in [1.165, 1.54) is 15.3 Å². The highest BCUT2D eigenvalue weighted by molar-refractivity contribution is 7.10. The second kappa shape index (κ2) is 6.41. The van der Waals surface area contributed by atoms with E-state index in [-0.39, 0.29) is 23.9 Å². The summed E-state index contributed by atoms with van der Waals surface area (Å²) >= 11 is 1.68. The smallest absolute Gasteiger partial charge is 0.255 e. The van der Waals surface area contributed by atoms with Gasteiger partial charge in [-0.3, -0.25) is 9.59 Å². The van der Waals surface area contributed by atoms with Crippen LogP contribution in [0.5, 0.6) is 0 Å². The molecule has 0 bridgehead atoms. The van der Waals surface area contributed by atoms with Crippen molar-refractivity contribution in [3.05, 3.63) is 21.4 Å². The third-order valence-electron chi connectivity index (χ3n) is 3.87. The second-order valence-electron chi connectivity index (χ2n) is 7.36. The molecular weight excluding hydrogens is 296 g/mol. The van der Waals surface area contributed by atoms with Crippen molar-refractivity contribution >= 4 is 23.2 Å². The topological polar surface area (TPSA) is 49.4 Å². The van der Waals surface area contributed by atoms with Crippen LogP contribution in [0.25, 0.3) is 0 Å². The number of carbonyl (C=O) groups is 2. The SMILES string of the molecule is C[C@H]1CCc2c(C(=O)N(C)CC(=O)NC(C)(C)C)csc2C1. The van der Waals surface area contributed by atoms with E-state index in [1.807, 2.05) is 26.2 Å². The van der Waals surface area contributed by atoms with Crippen LogP contribution in [0.15, 0.2) is 5.38 Å². The number of likely N-dealkylation sites (N-methyl/N-ethyl adjacent to an activating group) is 1. The number of nitrogens with zero attached hydrogens (tertiary/aromatic N) is 1. The molecule has 5 heteroatoms. The quantitative estimate of drug-likeness (QED) is 0.930. The third-order valence-corrected chi connectivity index (χ3v) is 4.93. The van der Waals surface area contributed by atoms with Crippen LogP contribution in [0.1, 0.15) is 54.9 Å². The molecule has 1 aliphatic rings. The largest absolute Gasteiger partial charge is 0.350 e. The van der Waals surface area contributed by atoms with Crippen LogP contribution in [0.4, 0.5) is 0 Å². The number of amides is 2. The second-order valence-corrected chi connectivity index (χ2v) is 8.32. The summed E-state index contributed by atoms with van der Waals surface area (Å²) in [4.78, 5) is 27.4. The lowest BCUT2D eigenvalue weighted by atomic mass is 9.88. The zero-order valence-electron chi connectivity index (χ0n) is 14.2. The predicted molar refractivity (Wildman–Crippen MR) is 90.4 cm³/mol. The Morgan fingerprint density at radius 3 is 2.73 bits per heavy atom.